The summed E-state index contributed by atoms with van der Waals surface area (Å²) in [6.45, 7) is 1.38. The van der Waals surface area contributed by atoms with Crippen LogP contribution in [-0.2, 0) is 9.53 Å². The highest BCUT2D eigenvalue weighted by Gasteiger charge is 2.40. The molecule has 0 saturated heterocycles. The topological polar surface area (TPSA) is 88.1 Å². The molecule has 1 aliphatic rings. The zero-order chi connectivity index (χ0) is 15.6. The Labute approximate surface area is 121 Å². The number of carbonyl (C=O) groups is 2. The molecule has 0 aliphatic carbocycles. The molecule has 2 N–H and O–H groups in total. The molecule has 0 spiro atoms. The van der Waals surface area contributed by atoms with Crippen molar-refractivity contribution in [3.05, 3.63) is 41.6 Å². The number of methoxy groups -OCH3 is 2. The van der Waals surface area contributed by atoms with Gasteiger partial charge in [0.1, 0.15) is 11.4 Å². The number of ether oxygens (including phenoxy) is 2. The number of benzene rings is 1. The largest absolute Gasteiger partial charge is 0.497 e. The van der Waals surface area contributed by atoms with E-state index in [-0.39, 0.29) is 5.70 Å². The molecule has 0 saturated carbocycles. The molecule has 112 valence electrons. The number of esters is 1. The first-order chi connectivity index (χ1) is 9.89. The highest BCUT2D eigenvalue weighted by Crippen LogP contribution is 2.24. The molecular weight excluding hydrogens is 276 g/mol. The molecule has 1 aliphatic heterocycles. The molecule has 1 unspecified atom stereocenters. The van der Waals surface area contributed by atoms with Crippen LogP contribution in [0.4, 0.5) is 0 Å². The minimum absolute atomic E-state index is 0.00116. The van der Waals surface area contributed by atoms with E-state index in [1.807, 2.05) is 0 Å². The molecule has 2 rings (SSSR count). The Morgan fingerprint density at radius 3 is 2.67 bits per heavy atom. The minimum Gasteiger partial charge on any atom is -0.497 e. The van der Waals surface area contributed by atoms with Gasteiger partial charge in [-0.3, -0.25) is 10.2 Å². The third kappa shape index (κ3) is 2.82. The summed E-state index contributed by atoms with van der Waals surface area (Å²) in [4.78, 5) is 23.9. The molecule has 21 heavy (non-hydrogen) atoms. The number of carbonyl (C=O) groups excluding carboxylic acids is 2. The van der Waals surface area contributed by atoms with Crippen LogP contribution in [0.2, 0.25) is 0 Å². The first-order valence-electron chi connectivity index (χ1n) is 6.18. The van der Waals surface area contributed by atoms with Crippen molar-refractivity contribution in [1.29, 1.82) is 0 Å². The number of nitrogens with one attached hydrogen (secondary N) is 1. The lowest BCUT2D eigenvalue weighted by atomic mass is 10.1. The summed E-state index contributed by atoms with van der Waals surface area (Å²) in [7, 11) is 2.71. The predicted molar refractivity (Wildman–Crippen MR) is 73.0 cm³/mol. The standard InChI is InChI=1S/C14H16N2O5/c1-14(19)8-11(13(18)21-3)15-16(14)12(17)9-5-4-6-10(7-9)20-2/h4-8,15,19H,1-3H3. The van der Waals surface area contributed by atoms with Crippen LogP contribution >= 0.6 is 0 Å². The van der Waals surface area contributed by atoms with Crippen LogP contribution in [0.25, 0.3) is 0 Å². The Morgan fingerprint density at radius 2 is 2.05 bits per heavy atom. The van der Waals surface area contributed by atoms with Crippen LogP contribution in [-0.4, -0.2) is 41.9 Å². The number of hydrogen-bond acceptors (Lipinski definition) is 6. The molecule has 0 radical (unpaired) electrons. The molecule has 1 atom stereocenters. The van der Waals surface area contributed by atoms with E-state index in [0.717, 1.165) is 5.01 Å². The van der Waals surface area contributed by atoms with E-state index in [4.69, 9.17) is 4.74 Å². The second-order valence-electron chi connectivity index (χ2n) is 4.63. The van der Waals surface area contributed by atoms with E-state index in [1.165, 1.54) is 33.3 Å². The van der Waals surface area contributed by atoms with Crippen molar-refractivity contribution in [3.63, 3.8) is 0 Å². The van der Waals surface area contributed by atoms with Gasteiger partial charge in [-0.05, 0) is 25.1 Å². The normalized spacial score (nSPS) is 20.6. The number of amides is 1. The minimum atomic E-state index is -1.65. The highest BCUT2D eigenvalue weighted by atomic mass is 16.5. The Morgan fingerprint density at radius 1 is 1.33 bits per heavy atom. The molecule has 7 heteroatoms. The molecule has 7 nitrogen and oxygen atoms in total. The summed E-state index contributed by atoms with van der Waals surface area (Å²) in [5, 5.41) is 11.2. The second-order valence-corrected chi connectivity index (χ2v) is 4.63. The number of hydrogen-bond donors (Lipinski definition) is 2. The van der Waals surface area contributed by atoms with Gasteiger partial charge in [-0.2, -0.15) is 0 Å². The Hall–Kier alpha value is -2.54. The van der Waals surface area contributed by atoms with E-state index in [1.54, 1.807) is 18.2 Å². The molecular formula is C14H16N2O5. The van der Waals surface area contributed by atoms with Crippen LogP contribution in [0.5, 0.6) is 5.75 Å². The average Bonchev–Trinajstić information content (AvgIpc) is 2.81. The number of nitrogens with zero attached hydrogens (tertiary/aromatic N) is 1. The molecule has 0 fully saturated rings. The van der Waals surface area contributed by atoms with Crippen LogP contribution in [0, 0.1) is 0 Å². The summed E-state index contributed by atoms with van der Waals surface area (Å²) >= 11 is 0. The summed E-state index contributed by atoms with van der Waals surface area (Å²) in [5.41, 5.74) is 1.20. The van der Waals surface area contributed by atoms with Crippen LogP contribution in [0.15, 0.2) is 36.0 Å². The van der Waals surface area contributed by atoms with Gasteiger partial charge in [-0.25, -0.2) is 9.80 Å². The maximum atomic E-state index is 12.4. The predicted octanol–water partition coefficient (Wildman–Crippen LogP) is 0.421. The fraction of sp³-hybridized carbons (Fsp3) is 0.286. The van der Waals surface area contributed by atoms with Crippen molar-refractivity contribution in [2.45, 2.75) is 12.6 Å². The van der Waals surface area contributed by atoms with Crippen molar-refractivity contribution < 1.29 is 24.2 Å². The molecule has 0 bridgehead atoms. The first-order valence-corrected chi connectivity index (χ1v) is 6.18. The Kier molecular flexibility index (Phi) is 3.86. The van der Waals surface area contributed by atoms with Crippen molar-refractivity contribution in [1.82, 2.24) is 10.4 Å². The first kappa shape index (κ1) is 14.9. The summed E-state index contributed by atoms with van der Waals surface area (Å²) in [6.07, 6.45) is 1.22. The van der Waals surface area contributed by atoms with Crippen molar-refractivity contribution in [2.24, 2.45) is 0 Å². The molecule has 1 heterocycles. The van der Waals surface area contributed by atoms with Gasteiger partial charge in [0.2, 0.25) is 0 Å². The van der Waals surface area contributed by atoms with E-state index >= 15 is 0 Å². The van der Waals surface area contributed by atoms with Crippen LogP contribution in [0.1, 0.15) is 17.3 Å². The van der Waals surface area contributed by atoms with Gasteiger partial charge in [0, 0.05) is 11.6 Å². The van der Waals surface area contributed by atoms with Gasteiger partial charge in [0.05, 0.1) is 14.2 Å². The van der Waals surface area contributed by atoms with Crippen molar-refractivity contribution in [2.75, 3.05) is 14.2 Å². The van der Waals surface area contributed by atoms with Crippen molar-refractivity contribution in [3.8, 4) is 5.75 Å². The van der Waals surface area contributed by atoms with Crippen LogP contribution in [0.3, 0.4) is 0 Å². The highest BCUT2D eigenvalue weighted by molar-refractivity contribution is 5.97. The molecule has 1 aromatic carbocycles. The molecule has 1 amide bonds. The van der Waals surface area contributed by atoms with E-state index < -0.39 is 17.6 Å². The van der Waals surface area contributed by atoms with Gasteiger partial charge >= 0.3 is 5.97 Å². The monoisotopic (exact) mass is 292 g/mol. The summed E-state index contributed by atoms with van der Waals surface area (Å²) in [5.74, 6) is -0.661. The average molecular weight is 292 g/mol. The van der Waals surface area contributed by atoms with E-state index in [9.17, 15) is 14.7 Å². The van der Waals surface area contributed by atoms with Gasteiger partial charge in [-0.15, -0.1) is 0 Å². The smallest absolute Gasteiger partial charge is 0.355 e. The fourth-order valence-electron chi connectivity index (χ4n) is 1.96. The summed E-state index contributed by atoms with van der Waals surface area (Å²) < 4.78 is 9.61. The summed E-state index contributed by atoms with van der Waals surface area (Å²) in [6, 6.07) is 6.48. The van der Waals surface area contributed by atoms with Crippen LogP contribution < -0.4 is 10.2 Å². The Balaban J connectivity index is 2.26. The second kappa shape index (κ2) is 5.45. The third-order valence-corrected chi connectivity index (χ3v) is 3.03. The lowest BCUT2D eigenvalue weighted by Crippen LogP contribution is -2.51. The maximum Gasteiger partial charge on any atom is 0.355 e. The van der Waals surface area contributed by atoms with E-state index in [2.05, 4.69) is 10.2 Å². The molecule has 0 aromatic heterocycles. The van der Waals surface area contributed by atoms with Gasteiger partial charge in [0.25, 0.3) is 5.91 Å². The number of rotatable bonds is 3. The fourth-order valence-corrected chi connectivity index (χ4v) is 1.96. The number of hydrazine groups is 1. The van der Waals surface area contributed by atoms with Crippen molar-refractivity contribution >= 4 is 11.9 Å². The zero-order valence-corrected chi connectivity index (χ0v) is 11.9. The van der Waals surface area contributed by atoms with Gasteiger partial charge in [-0.1, -0.05) is 6.07 Å². The maximum absolute atomic E-state index is 12.4. The lowest BCUT2D eigenvalue weighted by molar-refractivity contribution is -0.136. The van der Waals surface area contributed by atoms with Gasteiger partial charge < -0.3 is 14.6 Å². The number of aliphatic hydroxyl groups is 1. The lowest BCUT2D eigenvalue weighted by Gasteiger charge is -2.29. The molecule has 1 aromatic rings. The zero-order valence-electron chi connectivity index (χ0n) is 11.9. The Bertz CT molecular complexity index is 609. The van der Waals surface area contributed by atoms with E-state index in [0.29, 0.717) is 11.3 Å². The third-order valence-electron chi connectivity index (χ3n) is 3.03. The van der Waals surface area contributed by atoms with Gasteiger partial charge in [0.15, 0.2) is 5.72 Å². The quantitative estimate of drug-likeness (QED) is 0.785. The SMILES string of the molecule is COC(=O)C1=CC(C)(O)N(C(=O)c2cccc(OC)c2)N1.